The molecule has 0 saturated heterocycles. The summed E-state index contributed by atoms with van der Waals surface area (Å²) in [4.78, 5) is 23.5. The molecule has 36 heavy (non-hydrogen) atoms. The molecule has 1 aliphatic rings. The van der Waals surface area contributed by atoms with Crippen LogP contribution in [0.5, 0.6) is 5.88 Å². The maximum Gasteiger partial charge on any atom is 0.422 e. The molecular weight excluding hydrogens is 503 g/mol. The van der Waals surface area contributed by atoms with E-state index in [9.17, 15) is 36.2 Å². The van der Waals surface area contributed by atoms with Crippen LogP contribution in [0.15, 0.2) is 35.6 Å². The second kappa shape index (κ2) is 9.19. The van der Waals surface area contributed by atoms with Gasteiger partial charge in [0.2, 0.25) is 5.88 Å². The first-order valence-corrected chi connectivity index (χ1v) is 10.2. The lowest BCUT2D eigenvalue weighted by molar-refractivity contribution is -0.173. The van der Waals surface area contributed by atoms with Crippen LogP contribution in [0.1, 0.15) is 36.3 Å². The average molecular weight is 523 g/mol. The molecule has 8 nitrogen and oxygen atoms in total. The van der Waals surface area contributed by atoms with E-state index in [-0.39, 0.29) is 11.4 Å². The number of ether oxygens (including phenoxy) is 1. The Morgan fingerprint density at radius 3 is 2.47 bits per heavy atom. The maximum absolute atomic E-state index is 15.9. The minimum Gasteiger partial charge on any atom is -0.467 e. The highest BCUT2D eigenvalue weighted by atomic mass is 19.4. The number of alkyl halides is 6. The number of amidine groups is 1. The summed E-state index contributed by atoms with van der Waals surface area (Å²) in [6.07, 6.45) is -6.81. The first-order valence-electron chi connectivity index (χ1n) is 10.2. The van der Waals surface area contributed by atoms with Gasteiger partial charge in [0.1, 0.15) is 17.1 Å². The summed E-state index contributed by atoms with van der Waals surface area (Å²) in [5, 5.41) is 12.4. The summed E-state index contributed by atoms with van der Waals surface area (Å²) < 4.78 is 99.4. The lowest BCUT2D eigenvalue weighted by atomic mass is 9.73. The number of nitrogens with zero attached hydrogens (tertiary/aromatic N) is 3. The Labute approximate surface area is 199 Å². The standard InChI is InChI=1S/C21H20F7N5O3/c1-18(20(25,6-14(29)33-18)17(35)19(2,23)24)11-5-10(3-4-12(11)22)32-16(34)13-7-31-15(8-30-13)36-9-21(26,27)28/h3-5,7-8,17,35H,6,9H2,1-2H3,(H2,29,33)(H,32,34)/t17-,18-,20-/m1/s1. The number of anilines is 1. The number of aliphatic imine (C=N–C) groups is 1. The van der Waals surface area contributed by atoms with Crippen molar-refractivity contribution in [1.82, 2.24) is 9.97 Å². The van der Waals surface area contributed by atoms with Gasteiger partial charge in [0.15, 0.2) is 18.4 Å². The molecule has 1 aromatic carbocycles. The molecule has 0 fully saturated rings. The number of nitrogens with one attached hydrogen (secondary N) is 1. The Morgan fingerprint density at radius 2 is 1.92 bits per heavy atom. The van der Waals surface area contributed by atoms with Crippen molar-refractivity contribution in [3.05, 3.63) is 47.7 Å². The molecule has 2 aromatic rings. The highest BCUT2D eigenvalue weighted by Gasteiger charge is 2.65. The normalized spacial score (nSPS) is 23.2. The predicted octanol–water partition coefficient (Wildman–Crippen LogP) is 3.51. The van der Waals surface area contributed by atoms with E-state index in [2.05, 4.69) is 25.0 Å². The topological polar surface area (TPSA) is 123 Å². The summed E-state index contributed by atoms with van der Waals surface area (Å²) in [5.74, 6) is -6.86. The van der Waals surface area contributed by atoms with Crippen molar-refractivity contribution in [2.75, 3.05) is 11.9 Å². The summed E-state index contributed by atoms with van der Waals surface area (Å²) in [7, 11) is 0. The molecule has 0 radical (unpaired) electrons. The maximum atomic E-state index is 15.9. The smallest absolute Gasteiger partial charge is 0.422 e. The Bertz CT molecular complexity index is 1170. The Kier molecular flexibility index (Phi) is 6.92. The molecule has 2 heterocycles. The highest BCUT2D eigenvalue weighted by molar-refractivity contribution is 6.02. The van der Waals surface area contributed by atoms with Crippen molar-refractivity contribution in [1.29, 1.82) is 0 Å². The summed E-state index contributed by atoms with van der Waals surface area (Å²) in [5.41, 5.74) is -1.09. The van der Waals surface area contributed by atoms with Gasteiger partial charge in [0.05, 0.1) is 18.2 Å². The third-order valence-electron chi connectivity index (χ3n) is 5.52. The van der Waals surface area contributed by atoms with Gasteiger partial charge in [-0.1, -0.05) is 0 Å². The lowest BCUT2D eigenvalue weighted by Gasteiger charge is -2.40. The number of rotatable bonds is 7. The van der Waals surface area contributed by atoms with Gasteiger partial charge in [-0.25, -0.2) is 27.5 Å². The number of carbonyl (C=O) groups is 1. The van der Waals surface area contributed by atoms with Crippen molar-refractivity contribution in [3.8, 4) is 5.88 Å². The lowest BCUT2D eigenvalue weighted by Crippen LogP contribution is -2.57. The summed E-state index contributed by atoms with van der Waals surface area (Å²) >= 11 is 0. The van der Waals surface area contributed by atoms with E-state index >= 15 is 4.39 Å². The monoisotopic (exact) mass is 523 g/mol. The molecular formula is C21H20F7N5O3. The van der Waals surface area contributed by atoms with Crippen molar-refractivity contribution < 1.29 is 45.4 Å². The summed E-state index contributed by atoms with van der Waals surface area (Å²) in [6, 6.07) is 2.82. The second-order valence-corrected chi connectivity index (χ2v) is 8.37. The average Bonchev–Trinajstić information content (AvgIpc) is 3.01. The van der Waals surface area contributed by atoms with E-state index in [1.54, 1.807) is 0 Å². The van der Waals surface area contributed by atoms with Gasteiger partial charge in [-0.3, -0.25) is 9.79 Å². The number of aliphatic hydroxyl groups is 1. The number of nitrogens with two attached hydrogens (primary N) is 1. The van der Waals surface area contributed by atoms with Crippen LogP contribution in [0.2, 0.25) is 0 Å². The van der Waals surface area contributed by atoms with E-state index in [1.165, 1.54) is 0 Å². The molecule has 1 aliphatic heterocycles. The second-order valence-electron chi connectivity index (χ2n) is 8.37. The van der Waals surface area contributed by atoms with Crippen LogP contribution in [0.3, 0.4) is 0 Å². The van der Waals surface area contributed by atoms with Crippen LogP contribution < -0.4 is 15.8 Å². The van der Waals surface area contributed by atoms with E-state index in [4.69, 9.17) is 5.73 Å². The first kappa shape index (κ1) is 27.1. The van der Waals surface area contributed by atoms with Crippen LogP contribution in [-0.2, 0) is 5.54 Å². The van der Waals surface area contributed by atoms with E-state index in [0.717, 1.165) is 37.5 Å². The van der Waals surface area contributed by atoms with Crippen LogP contribution in [-0.4, -0.2) is 57.3 Å². The highest BCUT2D eigenvalue weighted by Crippen LogP contribution is 2.52. The molecule has 0 unspecified atom stereocenters. The van der Waals surface area contributed by atoms with Crippen molar-refractivity contribution >= 4 is 17.4 Å². The number of aliphatic hydroxyl groups excluding tert-OH is 1. The van der Waals surface area contributed by atoms with Crippen LogP contribution >= 0.6 is 0 Å². The molecule has 0 bridgehead atoms. The van der Waals surface area contributed by atoms with Crippen LogP contribution in [0.4, 0.5) is 36.4 Å². The minimum absolute atomic E-state index is 0.141. The van der Waals surface area contributed by atoms with Crippen molar-refractivity contribution in [3.63, 3.8) is 0 Å². The Hall–Kier alpha value is -3.49. The molecule has 3 rings (SSSR count). The zero-order valence-corrected chi connectivity index (χ0v) is 18.7. The predicted molar refractivity (Wildman–Crippen MR) is 112 cm³/mol. The molecule has 15 heteroatoms. The Morgan fingerprint density at radius 1 is 1.25 bits per heavy atom. The van der Waals surface area contributed by atoms with E-state index < -0.39 is 71.4 Å². The number of carbonyl (C=O) groups excluding carboxylic acids is 1. The third-order valence-corrected chi connectivity index (χ3v) is 5.52. The zero-order valence-electron chi connectivity index (χ0n) is 18.7. The molecule has 1 aromatic heterocycles. The summed E-state index contributed by atoms with van der Waals surface area (Å²) in [6.45, 7) is -0.343. The molecule has 196 valence electrons. The number of aromatic nitrogens is 2. The molecule has 3 atom stereocenters. The van der Waals surface area contributed by atoms with Crippen LogP contribution in [0, 0.1) is 5.82 Å². The molecule has 0 aliphatic carbocycles. The van der Waals surface area contributed by atoms with Gasteiger partial charge in [0.25, 0.3) is 11.8 Å². The molecule has 4 N–H and O–H groups in total. The third kappa shape index (κ3) is 5.34. The first-order chi connectivity index (χ1) is 16.5. The van der Waals surface area contributed by atoms with Crippen molar-refractivity contribution in [2.24, 2.45) is 10.7 Å². The largest absolute Gasteiger partial charge is 0.467 e. The van der Waals surface area contributed by atoms with Crippen LogP contribution in [0.25, 0.3) is 0 Å². The van der Waals surface area contributed by atoms with Gasteiger partial charge in [-0.2, -0.15) is 13.2 Å². The number of amides is 1. The minimum atomic E-state index is -4.61. The van der Waals surface area contributed by atoms with Gasteiger partial charge >= 0.3 is 6.18 Å². The SMILES string of the molecule is CC(F)(F)[C@@H](O)[C@]1(F)CC(N)=N[C@]1(C)c1cc(NC(=O)c2cnc(OCC(F)(F)F)cn2)ccc1F. The number of hydrogen-bond donors (Lipinski definition) is 3. The fourth-order valence-electron chi connectivity index (χ4n) is 3.74. The molecule has 0 spiro atoms. The Balaban J connectivity index is 1.87. The molecule has 0 saturated carbocycles. The van der Waals surface area contributed by atoms with E-state index in [0.29, 0.717) is 6.92 Å². The van der Waals surface area contributed by atoms with Gasteiger partial charge in [0, 0.05) is 24.6 Å². The number of benzene rings is 1. The van der Waals surface area contributed by atoms with Crippen molar-refractivity contribution in [2.45, 2.75) is 49.7 Å². The van der Waals surface area contributed by atoms with Gasteiger partial charge in [-0.15, -0.1) is 0 Å². The fraction of sp³-hybridized carbons (Fsp3) is 0.429. The zero-order chi connectivity index (χ0) is 27.1. The van der Waals surface area contributed by atoms with Gasteiger partial charge in [-0.05, 0) is 25.1 Å². The molecule has 1 amide bonds. The number of halogens is 7. The number of hydrogen-bond acceptors (Lipinski definition) is 7. The van der Waals surface area contributed by atoms with E-state index in [1.807, 2.05) is 0 Å². The quantitative estimate of drug-likeness (QED) is 0.478. The van der Waals surface area contributed by atoms with Gasteiger partial charge < -0.3 is 20.9 Å². The fourth-order valence-corrected chi connectivity index (χ4v) is 3.74.